The molecule has 0 amide bonds. The number of β-amino-alcohol motifs (C(OH)–C–C–N with tert-alkyl or cyclic N) is 1. The average molecular weight is 207 g/mol. The molecule has 1 saturated heterocycles. The van der Waals surface area contributed by atoms with E-state index in [-0.39, 0.29) is 11.5 Å². The van der Waals surface area contributed by atoms with E-state index in [2.05, 4.69) is 0 Å². The van der Waals surface area contributed by atoms with E-state index in [9.17, 15) is 13.5 Å². The lowest BCUT2D eigenvalue weighted by Gasteiger charge is -2.24. The van der Waals surface area contributed by atoms with Gasteiger partial charge < -0.3 is 5.11 Å². The highest BCUT2D eigenvalue weighted by molar-refractivity contribution is 7.91. The van der Waals surface area contributed by atoms with E-state index < -0.39 is 15.9 Å². The van der Waals surface area contributed by atoms with E-state index in [1.807, 2.05) is 18.7 Å². The highest BCUT2D eigenvalue weighted by Gasteiger charge is 2.26. The average Bonchev–Trinajstić information content (AvgIpc) is 2.07. The van der Waals surface area contributed by atoms with E-state index in [1.165, 1.54) is 0 Å². The van der Waals surface area contributed by atoms with Crippen LogP contribution in [0.25, 0.3) is 0 Å². The van der Waals surface area contributed by atoms with E-state index in [4.69, 9.17) is 0 Å². The molecule has 1 aliphatic heterocycles. The Labute approximate surface area is 79.5 Å². The van der Waals surface area contributed by atoms with Gasteiger partial charge in [-0.15, -0.1) is 0 Å². The first-order chi connectivity index (χ1) is 5.91. The number of sulfone groups is 1. The minimum Gasteiger partial charge on any atom is -0.391 e. The maximum atomic E-state index is 11.3. The summed E-state index contributed by atoms with van der Waals surface area (Å²) in [5, 5.41) is 9.42. The van der Waals surface area contributed by atoms with Crippen LogP contribution in [0.4, 0.5) is 0 Å². The predicted octanol–water partition coefficient (Wildman–Crippen LogP) is -0.514. The molecule has 1 N–H and O–H groups in total. The van der Waals surface area contributed by atoms with Crippen LogP contribution in [0.15, 0.2) is 0 Å². The Morgan fingerprint density at radius 1 is 1.46 bits per heavy atom. The van der Waals surface area contributed by atoms with Crippen molar-refractivity contribution in [3.8, 4) is 0 Å². The Kier molecular flexibility index (Phi) is 3.32. The Hall–Kier alpha value is -0.130. The number of hydrogen-bond acceptors (Lipinski definition) is 4. The molecule has 0 unspecified atom stereocenters. The van der Waals surface area contributed by atoms with Gasteiger partial charge in [-0.3, -0.25) is 4.90 Å². The van der Waals surface area contributed by atoms with Gasteiger partial charge in [0.2, 0.25) is 0 Å². The van der Waals surface area contributed by atoms with Crippen LogP contribution in [0.1, 0.15) is 13.8 Å². The molecule has 1 heterocycles. The first-order valence-corrected chi connectivity index (χ1v) is 6.35. The molecule has 0 saturated carbocycles. The van der Waals surface area contributed by atoms with Crippen molar-refractivity contribution in [2.45, 2.75) is 26.0 Å². The summed E-state index contributed by atoms with van der Waals surface area (Å²) in [4.78, 5) is 2.00. The fourth-order valence-electron chi connectivity index (χ4n) is 1.52. The second-order valence-electron chi connectivity index (χ2n) is 3.86. The van der Waals surface area contributed by atoms with Crippen molar-refractivity contribution in [1.82, 2.24) is 4.90 Å². The van der Waals surface area contributed by atoms with E-state index in [1.54, 1.807) is 0 Å². The van der Waals surface area contributed by atoms with Gasteiger partial charge in [0.15, 0.2) is 9.84 Å². The fourth-order valence-corrected chi connectivity index (χ4v) is 2.89. The number of rotatable bonds is 1. The van der Waals surface area contributed by atoms with Gasteiger partial charge in [-0.2, -0.15) is 0 Å². The molecule has 4 nitrogen and oxygen atoms in total. The lowest BCUT2D eigenvalue weighted by atomic mass is 10.3. The molecule has 1 rings (SSSR count). The summed E-state index contributed by atoms with van der Waals surface area (Å²) in [7, 11) is -3.03. The third kappa shape index (κ3) is 3.25. The third-order valence-corrected chi connectivity index (χ3v) is 4.01. The van der Waals surface area contributed by atoms with Crippen LogP contribution >= 0.6 is 0 Å². The molecule has 1 atom stereocenters. The van der Waals surface area contributed by atoms with Gasteiger partial charge >= 0.3 is 0 Å². The SMILES string of the molecule is CC(C)N1CCS(=O)(=O)C[C@@H](O)C1. The van der Waals surface area contributed by atoms with Gasteiger partial charge in [0.25, 0.3) is 0 Å². The number of aliphatic hydroxyl groups is 1. The molecule has 0 aromatic heterocycles. The Morgan fingerprint density at radius 3 is 2.62 bits per heavy atom. The van der Waals surface area contributed by atoms with E-state index >= 15 is 0 Å². The van der Waals surface area contributed by atoms with Crippen LogP contribution in [0.2, 0.25) is 0 Å². The normalized spacial score (nSPS) is 30.3. The van der Waals surface area contributed by atoms with Gasteiger partial charge in [0.1, 0.15) is 0 Å². The van der Waals surface area contributed by atoms with E-state index in [0.29, 0.717) is 19.1 Å². The van der Waals surface area contributed by atoms with Crippen molar-refractivity contribution in [2.75, 3.05) is 24.6 Å². The summed E-state index contributed by atoms with van der Waals surface area (Å²) in [5.74, 6) is 0.0818. The minimum absolute atomic E-state index is 0.0871. The lowest BCUT2D eigenvalue weighted by Crippen LogP contribution is -2.37. The van der Waals surface area contributed by atoms with Crippen LogP contribution < -0.4 is 0 Å². The standard InChI is InChI=1S/C8H17NO3S/c1-7(2)9-3-4-13(11,12)6-8(10)5-9/h7-8,10H,3-6H2,1-2H3/t8-/m0/s1. The second kappa shape index (κ2) is 3.94. The van der Waals surface area contributed by atoms with Gasteiger partial charge in [-0.05, 0) is 13.8 Å². The molecule has 1 fully saturated rings. The molecule has 0 spiro atoms. The Balaban J connectivity index is 2.69. The van der Waals surface area contributed by atoms with Crippen molar-refractivity contribution in [3.63, 3.8) is 0 Å². The highest BCUT2D eigenvalue weighted by Crippen LogP contribution is 2.08. The summed E-state index contributed by atoms with van der Waals surface area (Å²) >= 11 is 0. The topological polar surface area (TPSA) is 57.6 Å². The summed E-state index contributed by atoms with van der Waals surface area (Å²) in [6.45, 7) is 5.02. The number of hydrogen-bond donors (Lipinski definition) is 1. The zero-order valence-corrected chi connectivity index (χ0v) is 8.92. The van der Waals surface area contributed by atoms with Crippen molar-refractivity contribution < 1.29 is 13.5 Å². The zero-order chi connectivity index (χ0) is 10.1. The molecule has 0 aromatic rings. The van der Waals surface area contributed by atoms with Crippen LogP contribution in [0.3, 0.4) is 0 Å². The van der Waals surface area contributed by atoms with Crippen molar-refractivity contribution >= 4 is 9.84 Å². The second-order valence-corrected chi connectivity index (χ2v) is 6.09. The van der Waals surface area contributed by atoms with Gasteiger partial charge in [0.05, 0.1) is 17.6 Å². The molecular weight excluding hydrogens is 190 g/mol. The summed E-state index contributed by atoms with van der Waals surface area (Å²) in [5.41, 5.74) is 0. The van der Waals surface area contributed by atoms with Crippen LogP contribution in [-0.2, 0) is 9.84 Å². The summed E-state index contributed by atoms with van der Waals surface area (Å²) < 4.78 is 22.5. The first kappa shape index (κ1) is 10.9. The monoisotopic (exact) mass is 207 g/mol. The first-order valence-electron chi connectivity index (χ1n) is 4.53. The molecule has 78 valence electrons. The predicted molar refractivity (Wildman–Crippen MR) is 51.4 cm³/mol. The van der Waals surface area contributed by atoms with E-state index in [0.717, 1.165) is 0 Å². The Bertz CT molecular complexity index is 261. The summed E-state index contributed by atoms with van der Waals surface area (Å²) in [6, 6.07) is 0.294. The van der Waals surface area contributed by atoms with Crippen LogP contribution in [0.5, 0.6) is 0 Å². The number of nitrogens with zero attached hydrogens (tertiary/aromatic N) is 1. The van der Waals surface area contributed by atoms with Crippen molar-refractivity contribution in [3.05, 3.63) is 0 Å². The molecule has 0 aliphatic carbocycles. The summed E-state index contributed by atoms with van der Waals surface area (Å²) in [6.07, 6.45) is -0.727. The van der Waals surface area contributed by atoms with Crippen molar-refractivity contribution in [2.24, 2.45) is 0 Å². The lowest BCUT2D eigenvalue weighted by molar-refractivity contribution is 0.119. The minimum atomic E-state index is -3.03. The van der Waals surface area contributed by atoms with Gasteiger partial charge in [-0.25, -0.2) is 8.42 Å². The van der Waals surface area contributed by atoms with Gasteiger partial charge in [0, 0.05) is 19.1 Å². The smallest absolute Gasteiger partial charge is 0.154 e. The molecule has 13 heavy (non-hydrogen) atoms. The fraction of sp³-hybridized carbons (Fsp3) is 1.00. The number of aliphatic hydroxyl groups excluding tert-OH is 1. The molecule has 5 heteroatoms. The zero-order valence-electron chi connectivity index (χ0n) is 8.10. The molecule has 0 radical (unpaired) electrons. The molecule has 0 bridgehead atoms. The van der Waals surface area contributed by atoms with Gasteiger partial charge in [-0.1, -0.05) is 0 Å². The maximum Gasteiger partial charge on any atom is 0.154 e. The maximum absolute atomic E-state index is 11.3. The highest BCUT2D eigenvalue weighted by atomic mass is 32.2. The van der Waals surface area contributed by atoms with Crippen molar-refractivity contribution in [1.29, 1.82) is 0 Å². The Morgan fingerprint density at radius 2 is 2.08 bits per heavy atom. The molecular formula is C8H17NO3S. The third-order valence-electron chi connectivity index (χ3n) is 2.31. The molecule has 0 aromatic carbocycles. The largest absolute Gasteiger partial charge is 0.391 e. The molecule has 1 aliphatic rings. The van der Waals surface area contributed by atoms with Crippen LogP contribution in [-0.4, -0.2) is 55.2 Å². The quantitative estimate of drug-likeness (QED) is 0.629. The van der Waals surface area contributed by atoms with Crippen LogP contribution in [0, 0.1) is 0 Å².